The molecular formula is C9H9NO3. The standard InChI is InChI=1S/C9H9NO3/c11-2-1-10-6-7-3-8(12)5-9(13)4-7/h2-6,12-13H,1H2. The number of aliphatic imine (C=N–C) groups is 1. The number of carbonyl (C=O) groups is 1. The molecule has 0 radical (unpaired) electrons. The SMILES string of the molecule is O=CCN=Cc1cc(O)cc(O)c1. The second kappa shape index (κ2) is 4.25. The van der Waals surface area contributed by atoms with Gasteiger partial charge in [-0.3, -0.25) is 4.99 Å². The van der Waals surface area contributed by atoms with Gasteiger partial charge in [0.05, 0.1) is 6.54 Å². The van der Waals surface area contributed by atoms with Crippen molar-refractivity contribution in [3.63, 3.8) is 0 Å². The van der Waals surface area contributed by atoms with E-state index in [0.717, 1.165) is 0 Å². The van der Waals surface area contributed by atoms with E-state index in [4.69, 9.17) is 10.2 Å². The van der Waals surface area contributed by atoms with Crippen molar-refractivity contribution in [3.05, 3.63) is 23.8 Å². The number of aromatic hydroxyl groups is 2. The Morgan fingerprint density at radius 2 is 1.85 bits per heavy atom. The number of phenols is 2. The molecule has 1 rings (SSSR count). The minimum Gasteiger partial charge on any atom is -0.508 e. The summed E-state index contributed by atoms with van der Waals surface area (Å²) in [7, 11) is 0. The summed E-state index contributed by atoms with van der Waals surface area (Å²) in [5.41, 5.74) is 0.555. The van der Waals surface area contributed by atoms with Crippen LogP contribution >= 0.6 is 0 Å². The zero-order chi connectivity index (χ0) is 9.68. The van der Waals surface area contributed by atoms with Crippen molar-refractivity contribution in [2.24, 2.45) is 4.99 Å². The predicted molar refractivity (Wildman–Crippen MR) is 48.3 cm³/mol. The molecule has 2 N–H and O–H groups in total. The molecule has 68 valence electrons. The molecule has 0 amide bonds. The first-order valence-corrected chi connectivity index (χ1v) is 3.69. The fraction of sp³-hybridized carbons (Fsp3) is 0.111. The molecule has 1 aromatic carbocycles. The average molecular weight is 179 g/mol. The van der Waals surface area contributed by atoms with Crippen LogP contribution in [0.2, 0.25) is 0 Å². The van der Waals surface area contributed by atoms with Gasteiger partial charge in [-0.05, 0) is 17.7 Å². The number of carbonyl (C=O) groups excluding carboxylic acids is 1. The van der Waals surface area contributed by atoms with Gasteiger partial charge >= 0.3 is 0 Å². The lowest BCUT2D eigenvalue weighted by molar-refractivity contribution is -0.106. The monoisotopic (exact) mass is 179 g/mol. The Balaban J connectivity index is 2.82. The number of rotatable bonds is 3. The van der Waals surface area contributed by atoms with Gasteiger partial charge < -0.3 is 15.0 Å². The summed E-state index contributed by atoms with van der Waals surface area (Å²) in [6.07, 6.45) is 2.08. The van der Waals surface area contributed by atoms with E-state index in [2.05, 4.69) is 4.99 Å². The van der Waals surface area contributed by atoms with E-state index in [9.17, 15) is 4.79 Å². The van der Waals surface area contributed by atoms with E-state index in [1.165, 1.54) is 24.4 Å². The molecule has 4 heteroatoms. The summed E-state index contributed by atoms with van der Waals surface area (Å²) in [4.78, 5) is 13.6. The topological polar surface area (TPSA) is 69.9 Å². The Hall–Kier alpha value is -1.84. The molecule has 1 aromatic rings. The van der Waals surface area contributed by atoms with E-state index in [-0.39, 0.29) is 18.0 Å². The van der Waals surface area contributed by atoms with Crippen LogP contribution in [0.4, 0.5) is 0 Å². The summed E-state index contributed by atoms with van der Waals surface area (Å²) >= 11 is 0. The van der Waals surface area contributed by atoms with Crippen LogP contribution in [0.5, 0.6) is 11.5 Å². The molecular weight excluding hydrogens is 170 g/mol. The zero-order valence-electron chi connectivity index (χ0n) is 6.84. The second-order valence-electron chi connectivity index (χ2n) is 2.44. The molecule has 0 saturated heterocycles. The maximum absolute atomic E-state index is 9.92. The number of aldehydes is 1. The van der Waals surface area contributed by atoms with Crippen LogP contribution in [-0.4, -0.2) is 29.3 Å². The minimum absolute atomic E-state index is 0.0347. The van der Waals surface area contributed by atoms with Crippen LogP contribution < -0.4 is 0 Å². The summed E-state index contributed by atoms with van der Waals surface area (Å²) in [5, 5.41) is 18.1. The third-order valence-electron chi connectivity index (χ3n) is 1.35. The number of benzene rings is 1. The van der Waals surface area contributed by atoms with Gasteiger partial charge in [0.25, 0.3) is 0 Å². The fourth-order valence-electron chi connectivity index (χ4n) is 0.894. The first-order chi connectivity index (χ1) is 6.22. The van der Waals surface area contributed by atoms with Crippen LogP contribution in [0.1, 0.15) is 5.56 Å². The Labute approximate surface area is 75.2 Å². The van der Waals surface area contributed by atoms with Crippen LogP contribution in [0.25, 0.3) is 0 Å². The maximum atomic E-state index is 9.92. The highest BCUT2D eigenvalue weighted by atomic mass is 16.3. The number of hydrogen-bond acceptors (Lipinski definition) is 4. The largest absolute Gasteiger partial charge is 0.508 e. The van der Waals surface area contributed by atoms with E-state index in [1.807, 2.05) is 0 Å². The third kappa shape index (κ3) is 2.94. The zero-order valence-corrected chi connectivity index (χ0v) is 6.84. The van der Waals surface area contributed by atoms with E-state index in [0.29, 0.717) is 11.8 Å². The summed E-state index contributed by atoms with van der Waals surface area (Å²) < 4.78 is 0. The van der Waals surface area contributed by atoms with Crippen LogP contribution in [0.3, 0.4) is 0 Å². The van der Waals surface area contributed by atoms with Crippen molar-refractivity contribution in [1.82, 2.24) is 0 Å². The van der Waals surface area contributed by atoms with Gasteiger partial charge in [-0.15, -0.1) is 0 Å². The Morgan fingerprint density at radius 1 is 1.23 bits per heavy atom. The van der Waals surface area contributed by atoms with Gasteiger partial charge in [-0.1, -0.05) is 0 Å². The maximum Gasteiger partial charge on any atom is 0.141 e. The average Bonchev–Trinajstić information content (AvgIpc) is 2.03. The highest BCUT2D eigenvalue weighted by molar-refractivity contribution is 5.81. The Morgan fingerprint density at radius 3 is 2.38 bits per heavy atom. The molecule has 0 fully saturated rings. The first kappa shape index (κ1) is 9.25. The first-order valence-electron chi connectivity index (χ1n) is 3.69. The quantitative estimate of drug-likeness (QED) is 0.530. The molecule has 0 aromatic heterocycles. The highest BCUT2D eigenvalue weighted by Gasteiger charge is 1.95. The summed E-state index contributed by atoms with van der Waals surface area (Å²) in [6.45, 7) is 0.0798. The van der Waals surface area contributed by atoms with Crippen molar-refractivity contribution in [1.29, 1.82) is 0 Å². The van der Waals surface area contributed by atoms with Crippen molar-refractivity contribution in [2.75, 3.05) is 6.54 Å². The minimum atomic E-state index is -0.0347. The van der Waals surface area contributed by atoms with Gasteiger partial charge in [0, 0.05) is 12.3 Å². The van der Waals surface area contributed by atoms with Crippen LogP contribution in [0, 0.1) is 0 Å². The predicted octanol–water partition coefficient (Wildman–Crippen LogP) is 0.716. The molecule has 4 nitrogen and oxygen atoms in total. The molecule has 0 spiro atoms. The molecule has 0 heterocycles. The normalized spacial score (nSPS) is 10.5. The number of nitrogens with zero attached hydrogens (tertiary/aromatic N) is 1. The molecule has 0 bridgehead atoms. The Kier molecular flexibility index (Phi) is 3.03. The number of hydrogen-bond donors (Lipinski definition) is 2. The highest BCUT2D eigenvalue weighted by Crippen LogP contribution is 2.18. The molecule has 0 unspecified atom stereocenters. The molecule has 0 saturated carbocycles. The number of phenolic OH excluding ortho intramolecular Hbond substituents is 2. The van der Waals surface area contributed by atoms with E-state index < -0.39 is 0 Å². The molecule has 0 atom stereocenters. The molecule has 0 aliphatic heterocycles. The smallest absolute Gasteiger partial charge is 0.141 e. The summed E-state index contributed by atoms with van der Waals surface area (Å²) in [6, 6.07) is 4.10. The molecule has 13 heavy (non-hydrogen) atoms. The van der Waals surface area contributed by atoms with Gasteiger partial charge in [-0.25, -0.2) is 0 Å². The van der Waals surface area contributed by atoms with Gasteiger partial charge in [0.2, 0.25) is 0 Å². The Bertz CT molecular complexity index is 313. The fourth-order valence-corrected chi connectivity index (χ4v) is 0.894. The lowest BCUT2D eigenvalue weighted by Gasteiger charge is -1.96. The van der Waals surface area contributed by atoms with E-state index >= 15 is 0 Å². The van der Waals surface area contributed by atoms with Crippen LogP contribution in [0.15, 0.2) is 23.2 Å². The van der Waals surface area contributed by atoms with Gasteiger partial charge in [0.1, 0.15) is 17.8 Å². The lowest BCUT2D eigenvalue weighted by atomic mass is 10.2. The van der Waals surface area contributed by atoms with Gasteiger partial charge in [-0.2, -0.15) is 0 Å². The molecule has 0 aliphatic rings. The summed E-state index contributed by atoms with van der Waals surface area (Å²) in [5.74, 6) is -0.0693. The van der Waals surface area contributed by atoms with E-state index in [1.54, 1.807) is 0 Å². The second-order valence-corrected chi connectivity index (χ2v) is 2.44. The lowest BCUT2D eigenvalue weighted by Crippen LogP contribution is -1.84. The molecule has 0 aliphatic carbocycles. The van der Waals surface area contributed by atoms with Crippen molar-refractivity contribution < 1.29 is 15.0 Å². The van der Waals surface area contributed by atoms with Gasteiger partial charge in [0.15, 0.2) is 0 Å². The van der Waals surface area contributed by atoms with Crippen LogP contribution in [-0.2, 0) is 4.79 Å². The third-order valence-corrected chi connectivity index (χ3v) is 1.35. The van der Waals surface area contributed by atoms with Crippen molar-refractivity contribution in [2.45, 2.75) is 0 Å². The van der Waals surface area contributed by atoms with Crippen molar-refractivity contribution >= 4 is 12.5 Å². The van der Waals surface area contributed by atoms with Crippen molar-refractivity contribution in [3.8, 4) is 11.5 Å².